The molecule has 23 heteroatoms. The molecule has 1 saturated heterocycles. The first-order valence-corrected chi connectivity index (χ1v) is 20.4. The Morgan fingerprint density at radius 2 is 1.13 bits per heavy atom. The van der Waals surface area contributed by atoms with Crippen molar-refractivity contribution in [2.24, 2.45) is 5.41 Å². The molecule has 1 fully saturated rings. The first kappa shape index (κ1) is 54.2. The molecule has 0 aromatic heterocycles. The second kappa shape index (κ2) is 26.0. The number of ether oxygens (including phenoxy) is 2. The number of hydrogen-bond acceptors (Lipinski definition) is 13. The maximum absolute atomic E-state index is 13.8. The zero-order valence-corrected chi connectivity index (χ0v) is 36.1. The Hall–Kier alpha value is -4.97. The summed E-state index contributed by atoms with van der Waals surface area (Å²) in [5.41, 5.74) is -1.46. The Morgan fingerprint density at radius 1 is 0.667 bits per heavy atom. The molecule has 0 aliphatic carbocycles. The number of unbranched alkanes of at least 4 members (excludes halogenated alkanes) is 1. The Labute approximate surface area is 362 Å². The summed E-state index contributed by atoms with van der Waals surface area (Å²) in [5.74, 6) is -15.2. The van der Waals surface area contributed by atoms with Crippen molar-refractivity contribution in [2.75, 3.05) is 91.8 Å². The van der Waals surface area contributed by atoms with Crippen LogP contribution >= 0.6 is 0 Å². The number of carboxylic acids is 4. The van der Waals surface area contributed by atoms with Gasteiger partial charge in [-0.25, -0.2) is 8.78 Å². The molecule has 1 aliphatic heterocycles. The maximum atomic E-state index is 13.8. The number of carbonyl (C=O) groups is 7. The number of halogens is 4. The third-order valence-corrected chi connectivity index (χ3v) is 9.84. The van der Waals surface area contributed by atoms with E-state index in [0.717, 1.165) is 0 Å². The topological polar surface area (TPSA) is 256 Å². The first-order valence-electron chi connectivity index (χ1n) is 20.4. The highest BCUT2D eigenvalue weighted by Crippen LogP contribution is 2.27. The normalized spacial score (nSPS) is 16.0. The fraction of sp³-hybridized carbons (Fsp3) is 0.675. The van der Waals surface area contributed by atoms with Gasteiger partial charge in [0.15, 0.2) is 11.6 Å². The first-order chi connectivity index (χ1) is 29.4. The molecule has 1 unspecified atom stereocenters. The van der Waals surface area contributed by atoms with Crippen LogP contribution in [-0.2, 0) is 38.3 Å². The van der Waals surface area contributed by atoms with Crippen molar-refractivity contribution in [1.82, 2.24) is 30.2 Å². The molecule has 19 nitrogen and oxygen atoms in total. The second-order valence-electron chi connectivity index (χ2n) is 16.8. The van der Waals surface area contributed by atoms with E-state index in [4.69, 9.17) is 4.74 Å². The summed E-state index contributed by atoms with van der Waals surface area (Å²) < 4.78 is 64.6. The number of carbonyl (C=O) groups excluding carboxylic acids is 3. The second-order valence-corrected chi connectivity index (χ2v) is 16.8. The fourth-order valence-corrected chi connectivity index (χ4v) is 6.54. The van der Waals surface area contributed by atoms with Gasteiger partial charge in [0.1, 0.15) is 6.04 Å². The number of carboxylic acid groups (broad SMARTS) is 4. The minimum atomic E-state index is -1.85. The number of esters is 1. The van der Waals surface area contributed by atoms with E-state index < -0.39 is 81.8 Å². The summed E-state index contributed by atoms with van der Waals surface area (Å²) in [7, 11) is 0. The van der Waals surface area contributed by atoms with Crippen LogP contribution in [0.4, 0.5) is 17.6 Å². The van der Waals surface area contributed by atoms with Crippen LogP contribution < -0.4 is 15.4 Å². The van der Waals surface area contributed by atoms with Crippen LogP contribution in [0, 0.1) is 28.7 Å². The van der Waals surface area contributed by atoms with Crippen LogP contribution in [0.25, 0.3) is 0 Å². The number of nitrogens with zero attached hydrogens (tertiary/aromatic N) is 4. The van der Waals surface area contributed by atoms with Gasteiger partial charge in [-0.3, -0.25) is 53.2 Å². The summed E-state index contributed by atoms with van der Waals surface area (Å²) >= 11 is 0. The summed E-state index contributed by atoms with van der Waals surface area (Å²) in [6.07, 6.45) is -0.478. The number of hydrogen-bond donors (Lipinski definition) is 6. The lowest BCUT2D eigenvalue weighted by Crippen LogP contribution is -2.52. The van der Waals surface area contributed by atoms with Gasteiger partial charge < -0.3 is 40.5 Å². The van der Waals surface area contributed by atoms with Gasteiger partial charge in [0.05, 0.1) is 38.4 Å². The summed E-state index contributed by atoms with van der Waals surface area (Å²) in [5, 5.41) is 44.2. The van der Waals surface area contributed by atoms with E-state index in [1.807, 2.05) is 13.8 Å². The molecule has 0 spiro atoms. The van der Waals surface area contributed by atoms with E-state index in [2.05, 4.69) is 15.4 Å². The molecular formula is C40H60F4N6O13. The molecule has 63 heavy (non-hydrogen) atoms. The minimum absolute atomic E-state index is 0.0165. The van der Waals surface area contributed by atoms with Gasteiger partial charge >= 0.3 is 29.8 Å². The number of rotatable bonds is 24. The van der Waals surface area contributed by atoms with E-state index in [9.17, 15) is 71.5 Å². The van der Waals surface area contributed by atoms with E-state index in [0.29, 0.717) is 0 Å². The van der Waals surface area contributed by atoms with Gasteiger partial charge in [-0.1, -0.05) is 13.8 Å². The van der Waals surface area contributed by atoms with Crippen molar-refractivity contribution in [3.63, 3.8) is 0 Å². The van der Waals surface area contributed by atoms with Gasteiger partial charge in [-0.05, 0) is 33.1 Å². The molecule has 1 heterocycles. The summed E-state index contributed by atoms with van der Waals surface area (Å²) in [6.45, 7) is 7.33. The van der Waals surface area contributed by atoms with Gasteiger partial charge in [0.25, 0.3) is 0 Å². The molecular weight excluding hydrogens is 848 g/mol. The SMILES string of the molecule is CC(C)(CNC(=O)CCC(C(=O)O)N1CCN(CC(=O)O)CCN(CC(=O)O)CCN(CC(=O)O)CC1)COCC(C)(C)NC(=O)CCCCC(=O)Oc1c(F)c(F)cc(F)c1F. The quantitative estimate of drug-likeness (QED) is 0.0282. The fourth-order valence-electron chi connectivity index (χ4n) is 6.54. The third-order valence-electron chi connectivity index (χ3n) is 9.84. The van der Waals surface area contributed by atoms with Crippen molar-refractivity contribution in [1.29, 1.82) is 0 Å². The largest absolute Gasteiger partial charge is 0.480 e. The Morgan fingerprint density at radius 3 is 1.59 bits per heavy atom. The van der Waals surface area contributed by atoms with E-state index in [-0.39, 0.29) is 142 Å². The smallest absolute Gasteiger partial charge is 0.320 e. The molecule has 1 aliphatic rings. The van der Waals surface area contributed by atoms with Crippen molar-refractivity contribution in [3.8, 4) is 5.75 Å². The van der Waals surface area contributed by atoms with Crippen molar-refractivity contribution >= 4 is 41.7 Å². The van der Waals surface area contributed by atoms with Crippen LogP contribution in [0.15, 0.2) is 6.07 Å². The van der Waals surface area contributed by atoms with E-state index in [1.54, 1.807) is 33.4 Å². The van der Waals surface area contributed by atoms with Crippen molar-refractivity contribution < 1.29 is 81.0 Å². The minimum Gasteiger partial charge on any atom is -0.480 e. The summed E-state index contributed by atoms with van der Waals surface area (Å²) in [6, 6.07) is -1.20. The number of aliphatic carboxylic acids is 4. The standard InChI is InChI=1S/C40H60F4N6O13/c1-39(2,24-62-25-40(3,4)46-30(52)7-5-6-8-34(59)63-37-35(43)26(41)19-27(42)36(37)44)23-45-29(51)10-9-28(38(60)61)50-17-15-48(21-32(55)56)13-11-47(20-31(53)54)12-14-49(16-18-50)22-33(57)58/h19,28H,5-18,20-25H2,1-4H3,(H,45,51)(H,46,52)(H,53,54)(H,55,56)(H,57,58)(H,60,61). The number of amides is 2. The highest BCUT2D eigenvalue weighted by molar-refractivity contribution is 5.79. The third kappa shape index (κ3) is 21.3. The predicted molar refractivity (Wildman–Crippen MR) is 215 cm³/mol. The predicted octanol–water partition coefficient (Wildman–Crippen LogP) is 1.47. The molecule has 2 amide bonds. The van der Waals surface area contributed by atoms with Crippen molar-refractivity contribution in [2.45, 2.75) is 77.8 Å². The lowest BCUT2D eigenvalue weighted by atomic mass is 9.94. The number of nitrogens with one attached hydrogen (secondary N) is 2. The monoisotopic (exact) mass is 908 g/mol. The van der Waals surface area contributed by atoms with E-state index >= 15 is 0 Å². The van der Waals surface area contributed by atoms with Gasteiger partial charge in [0.2, 0.25) is 29.2 Å². The van der Waals surface area contributed by atoms with Crippen molar-refractivity contribution in [3.05, 3.63) is 29.3 Å². The Bertz CT molecular complexity index is 1700. The lowest BCUT2D eigenvalue weighted by Gasteiger charge is -2.35. The number of benzene rings is 1. The molecule has 6 N–H and O–H groups in total. The van der Waals surface area contributed by atoms with Crippen LogP contribution in [0.3, 0.4) is 0 Å². The lowest BCUT2D eigenvalue weighted by molar-refractivity contribution is -0.145. The average Bonchev–Trinajstić information content (AvgIpc) is 3.16. The Balaban J connectivity index is 1.87. The molecule has 0 radical (unpaired) electrons. The molecule has 2 rings (SSSR count). The van der Waals surface area contributed by atoms with Crippen LogP contribution in [-0.4, -0.2) is 185 Å². The summed E-state index contributed by atoms with van der Waals surface area (Å²) in [4.78, 5) is 91.1. The molecule has 1 aromatic rings. The maximum Gasteiger partial charge on any atom is 0.320 e. The zero-order chi connectivity index (χ0) is 47.5. The van der Waals surface area contributed by atoms with Crippen LogP contribution in [0.2, 0.25) is 0 Å². The zero-order valence-electron chi connectivity index (χ0n) is 36.1. The molecule has 1 aromatic carbocycles. The molecule has 1 atom stereocenters. The van der Waals surface area contributed by atoms with Crippen LogP contribution in [0.5, 0.6) is 5.75 Å². The average molecular weight is 909 g/mol. The highest BCUT2D eigenvalue weighted by atomic mass is 19.2. The molecule has 0 saturated carbocycles. The van der Waals surface area contributed by atoms with Gasteiger partial charge in [-0.2, -0.15) is 8.78 Å². The van der Waals surface area contributed by atoms with Gasteiger partial charge in [-0.15, -0.1) is 0 Å². The van der Waals surface area contributed by atoms with E-state index in [1.165, 1.54) is 0 Å². The van der Waals surface area contributed by atoms with Crippen LogP contribution in [0.1, 0.15) is 66.2 Å². The molecule has 0 bridgehead atoms. The molecule has 356 valence electrons. The highest BCUT2D eigenvalue weighted by Gasteiger charge is 2.30. The Kier molecular flexibility index (Phi) is 22.3. The van der Waals surface area contributed by atoms with Gasteiger partial charge in [0, 0.05) is 89.6 Å².